The molecule has 0 N–H and O–H groups in total. The number of rotatable bonds is 6. The summed E-state index contributed by atoms with van der Waals surface area (Å²) < 4.78 is 0. The molecule has 16 heavy (non-hydrogen) atoms. The molecule has 0 spiro atoms. The lowest BCUT2D eigenvalue weighted by atomic mass is 9.92. The summed E-state index contributed by atoms with van der Waals surface area (Å²) in [6.45, 7) is 9.15. The van der Waals surface area contributed by atoms with Gasteiger partial charge in [0.2, 0.25) is 0 Å². The molecule has 0 radical (unpaired) electrons. The summed E-state index contributed by atoms with van der Waals surface area (Å²) in [6.07, 6.45) is 14.4. The molecule has 1 fully saturated rings. The minimum Gasteiger partial charge on any atom is -0.0654 e. The van der Waals surface area contributed by atoms with Crippen molar-refractivity contribution < 1.29 is 0 Å². The van der Waals surface area contributed by atoms with E-state index >= 15 is 0 Å². The van der Waals surface area contributed by atoms with E-state index in [1.165, 1.54) is 64.2 Å². The predicted molar refractivity (Wildman–Crippen MR) is 75.8 cm³/mol. The second-order valence-electron chi connectivity index (χ2n) is 5.52. The first-order valence-electron chi connectivity index (χ1n) is 7.76. The van der Waals surface area contributed by atoms with Crippen molar-refractivity contribution >= 4 is 0 Å². The second kappa shape index (κ2) is 11.5. The lowest BCUT2D eigenvalue weighted by molar-refractivity contribution is 0.376. The molecular formula is C16H34. The topological polar surface area (TPSA) is 0 Å². The summed E-state index contributed by atoms with van der Waals surface area (Å²) in [5, 5.41) is 0. The van der Waals surface area contributed by atoms with Crippen molar-refractivity contribution in [3.63, 3.8) is 0 Å². The zero-order valence-electron chi connectivity index (χ0n) is 12.2. The Bertz CT molecular complexity index is 126. The van der Waals surface area contributed by atoms with E-state index in [9.17, 15) is 0 Å². The fraction of sp³-hybridized carbons (Fsp3) is 1.00. The largest absolute Gasteiger partial charge is 0.0654 e. The lowest BCUT2D eigenvalue weighted by Crippen LogP contribution is -2.02. The Labute approximate surface area is 104 Å². The van der Waals surface area contributed by atoms with E-state index in [-0.39, 0.29) is 0 Å². The molecule has 2 atom stereocenters. The average molecular weight is 226 g/mol. The van der Waals surface area contributed by atoms with E-state index in [1.54, 1.807) is 0 Å². The van der Waals surface area contributed by atoms with Gasteiger partial charge in [0.15, 0.2) is 0 Å². The summed E-state index contributed by atoms with van der Waals surface area (Å²) >= 11 is 0. The summed E-state index contributed by atoms with van der Waals surface area (Å²) in [5.74, 6) is 2.12. The van der Waals surface area contributed by atoms with Crippen molar-refractivity contribution in [2.45, 2.75) is 91.9 Å². The third kappa shape index (κ3) is 8.19. The third-order valence-electron chi connectivity index (χ3n) is 3.92. The molecule has 0 aliphatic heterocycles. The van der Waals surface area contributed by atoms with E-state index in [0.717, 1.165) is 11.8 Å². The normalized spacial score (nSPS) is 24.0. The van der Waals surface area contributed by atoms with Crippen molar-refractivity contribution in [1.29, 1.82) is 0 Å². The van der Waals surface area contributed by atoms with Gasteiger partial charge >= 0.3 is 0 Å². The van der Waals surface area contributed by atoms with Gasteiger partial charge in [0.05, 0.1) is 0 Å². The molecule has 0 aromatic rings. The van der Waals surface area contributed by atoms with Gasteiger partial charge in [-0.3, -0.25) is 0 Å². The fourth-order valence-electron chi connectivity index (χ4n) is 2.66. The Morgan fingerprint density at radius 2 is 1.44 bits per heavy atom. The van der Waals surface area contributed by atoms with Crippen molar-refractivity contribution in [1.82, 2.24) is 0 Å². The predicted octanol–water partition coefficient (Wildman–Crippen LogP) is 6.20. The zero-order chi connectivity index (χ0) is 12.2. The first kappa shape index (κ1) is 16.0. The molecule has 1 rings (SSSR count). The molecular weight excluding hydrogens is 192 g/mol. The molecule has 0 bridgehead atoms. The van der Waals surface area contributed by atoms with Gasteiger partial charge < -0.3 is 0 Å². The Morgan fingerprint density at radius 3 is 1.81 bits per heavy atom. The van der Waals surface area contributed by atoms with Gasteiger partial charge in [0, 0.05) is 0 Å². The highest BCUT2D eigenvalue weighted by Crippen LogP contribution is 2.34. The van der Waals surface area contributed by atoms with Gasteiger partial charge in [0.1, 0.15) is 0 Å². The monoisotopic (exact) mass is 226 g/mol. The number of unbranched alkanes of at least 4 members (excludes halogenated alkanes) is 4. The highest BCUT2D eigenvalue weighted by molar-refractivity contribution is 4.73. The average Bonchev–Trinajstić information content (AvgIpc) is 2.67. The zero-order valence-corrected chi connectivity index (χ0v) is 12.2. The molecule has 0 heterocycles. The highest BCUT2D eigenvalue weighted by atomic mass is 14.3. The smallest absolute Gasteiger partial charge is 0.0388 e. The maximum atomic E-state index is 2.43. The minimum absolute atomic E-state index is 1.03. The van der Waals surface area contributed by atoms with E-state index < -0.39 is 0 Å². The molecule has 1 aliphatic rings. The maximum Gasteiger partial charge on any atom is -0.0388 e. The Balaban J connectivity index is 0.000000385. The highest BCUT2D eigenvalue weighted by Gasteiger charge is 2.21. The Hall–Kier alpha value is 0. The van der Waals surface area contributed by atoms with Gasteiger partial charge in [-0.15, -0.1) is 0 Å². The molecule has 2 unspecified atom stereocenters. The molecule has 0 saturated heterocycles. The van der Waals surface area contributed by atoms with E-state index in [0.29, 0.717) is 0 Å². The third-order valence-corrected chi connectivity index (χ3v) is 3.92. The molecule has 98 valence electrons. The molecule has 1 aliphatic carbocycles. The van der Waals surface area contributed by atoms with Crippen molar-refractivity contribution in [2.75, 3.05) is 0 Å². The summed E-state index contributed by atoms with van der Waals surface area (Å²) in [5.41, 5.74) is 0. The van der Waals surface area contributed by atoms with E-state index in [1.807, 2.05) is 0 Å². The van der Waals surface area contributed by atoms with Crippen molar-refractivity contribution in [3.8, 4) is 0 Å². The standard InChI is InChI=1S/C11H22.C5H12/c1-3-4-5-8-11-9-6-7-10(11)2;1-3-5-4-2/h10-11H,3-9H2,1-2H3;3-5H2,1-2H3. The van der Waals surface area contributed by atoms with Crippen LogP contribution in [0.25, 0.3) is 0 Å². The van der Waals surface area contributed by atoms with Gasteiger partial charge in [0.25, 0.3) is 0 Å². The van der Waals surface area contributed by atoms with Gasteiger partial charge in [-0.1, -0.05) is 91.9 Å². The van der Waals surface area contributed by atoms with E-state index in [2.05, 4.69) is 27.7 Å². The summed E-state index contributed by atoms with van der Waals surface area (Å²) in [6, 6.07) is 0. The van der Waals surface area contributed by atoms with Crippen LogP contribution in [0.4, 0.5) is 0 Å². The van der Waals surface area contributed by atoms with Crippen LogP contribution in [0.1, 0.15) is 91.9 Å². The summed E-state index contributed by atoms with van der Waals surface area (Å²) in [7, 11) is 0. The number of hydrogen-bond donors (Lipinski definition) is 0. The molecule has 0 nitrogen and oxygen atoms in total. The van der Waals surface area contributed by atoms with Crippen LogP contribution in [0, 0.1) is 11.8 Å². The SMILES string of the molecule is CCCCC.CCCCCC1CCCC1C. The van der Waals surface area contributed by atoms with Crippen LogP contribution in [-0.4, -0.2) is 0 Å². The molecule has 0 aromatic heterocycles. The second-order valence-corrected chi connectivity index (χ2v) is 5.52. The molecule has 0 aromatic carbocycles. The van der Waals surface area contributed by atoms with Crippen molar-refractivity contribution in [3.05, 3.63) is 0 Å². The van der Waals surface area contributed by atoms with E-state index in [4.69, 9.17) is 0 Å². The van der Waals surface area contributed by atoms with Crippen LogP contribution in [-0.2, 0) is 0 Å². The maximum absolute atomic E-state index is 2.43. The molecule has 0 amide bonds. The van der Waals surface area contributed by atoms with Crippen LogP contribution in [0.5, 0.6) is 0 Å². The molecule has 0 heteroatoms. The first-order chi connectivity index (χ1) is 7.76. The van der Waals surface area contributed by atoms with Crippen LogP contribution >= 0.6 is 0 Å². The van der Waals surface area contributed by atoms with Crippen LogP contribution < -0.4 is 0 Å². The van der Waals surface area contributed by atoms with Crippen LogP contribution in [0.15, 0.2) is 0 Å². The lowest BCUT2D eigenvalue weighted by Gasteiger charge is -2.13. The minimum atomic E-state index is 1.03. The quantitative estimate of drug-likeness (QED) is 0.473. The van der Waals surface area contributed by atoms with Gasteiger partial charge in [-0.25, -0.2) is 0 Å². The summed E-state index contributed by atoms with van der Waals surface area (Å²) in [4.78, 5) is 0. The fourth-order valence-corrected chi connectivity index (χ4v) is 2.66. The van der Waals surface area contributed by atoms with Crippen LogP contribution in [0.3, 0.4) is 0 Å². The molecule has 1 saturated carbocycles. The Morgan fingerprint density at radius 1 is 0.812 bits per heavy atom. The Kier molecular flexibility index (Phi) is 11.5. The van der Waals surface area contributed by atoms with Crippen molar-refractivity contribution in [2.24, 2.45) is 11.8 Å². The van der Waals surface area contributed by atoms with Gasteiger partial charge in [-0.05, 0) is 11.8 Å². The number of hydrogen-bond acceptors (Lipinski definition) is 0. The van der Waals surface area contributed by atoms with Gasteiger partial charge in [-0.2, -0.15) is 0 Å². The van der Waals surface area contributed by atoms with Crippen LogP contribution in [0.2, 0.25) is 0 Å². The first-order valence-corrected chi connectivity index (χ1v) is 7.76.